The van der Waals surface area contributed by atoms with Crippen molar-refractivity contribution in [3.8, 4) is 0 Å². The highest BCUT2D eigenvalue weighted by atomic mass is 127. The smallest absolute Gasteiger partial charge is 0.291 e. The van der Waals surface area contributed by atoms with Gasteiger partial charge in [0.1, 0.15) is 5.82 Å². The molecule has 0 aliphatic rings. The van der Waals surface area contributed by atoms with Crippen LogP contribution < -0.4 is 5.32 Å². The number of hydrogen-bond acceptors (Lipinski definition) is 1. The molecule has 2 aromatic rings. The van der Waals surface area contributed by atoms with E-state index in [2.05, 4.69) is 5.32 Å². The molecule has 0 fully saturated rings. The van der Waals surface area contributed by atoms with E-state index in [9.17, 15) is 18.0 Å². The molecule has 2 rings (SSSR count). The zero-order valence-corrected chi connectivity index (χ0v) is 15.0. The van der Waals surface area contributed by atoms with Crippen LogP contribution in [-0.4, -0.2) is 12.5 Å². The Morgan fingerprint density at radius 1 is 1.17 bits per heavy atom. The molecule has 0 atom stereocenters. The van der Waals surface area contributed by atoms with Gasteiger partial charge >= 0.3 is 0 Å². The van der Waals surface area contributed by atoms with E-state index < -0.39 is 29.8 Å². The lowest BCUT2D eigenvalue weighted by Crippen LogP contribution is -2.35. The quantitative estimate of drug-likeness (QED) is 0.603. The fourth-order valence-electron chi connectivity index (χ4n) is 1.84. The maximum absolute atomic E-state index is 14.2. The second-order valence-corrected chi connectivity index (χ2v) is 6.64. The van der Waals surface area contributed by atoms with Crippen molar-refractivity contribution in [3.63, 3.8) is 0 Å². The third-order valence-electron chi connectivity index (χ3n) is 2.97. The van der Waals surface area contributed by atoms with Gasteiger partial charge < -0.3 is 5.32 Å². The number of benzene rings is 2. The summed E-state index contributed by atoms with van der Waals surface area (Å²) in [7, 11) is 0. The van der Waals surface area contributed by atoms with Crippen molar-refractivity contribution in [3.05, 3.63) is 67.0 Å². The van der Waals surface area contributed by atoms with Gasteiger partial charge in [0.2, 0.25) is 0 Å². The van der Waals surface area contributed by atoms with Gasteiger partial charge in [0.15, 0.2) is 0 Å². The summed E-state index contributed by atoms with van der Waals surface area (Å²) in [4.78, 5) is 12.0. The first-order valence-corrected chi connectivity index (χ1v) is 8.11. The molecule has 0 aliphatic heterocycles. The highest BCUT2D eigenvalue weighted by Gasteiger charge is 2.34. The molecule has 0 radical (unpaired) electrons. The summed E-state index contributed by atoms with van der Waals surface area (Å²) in [6.45, 7) is -0.944. The second-order valence-electron chi connectivity index (χ2n) is 4.64. The molecule has 0 unspecified atom stereocenters. The first-order valence-electron chi connectivity index (χ1n) is 6.27. The molecule has 8 heteroatoms. The maximum atomic E-state index is 14.2. The van der Waals surface area contributed by atoms with E-state index in [1.54, 1.807) is 22.6 Å². The maximum Gasteiger partial charge on any atom is 0.291 e. The molecule has 0 saturated heterocycles. The number of amides is 1. The molecule has 0 spiro atoms. The van der Waals surface area contributed by atoms with Crippen LogP contribution in [0, 0.1) is 9.39 Å². The van der Waals surface area contributed by atoms with Crippen molar-refractivity contribution in [1.82, 2.24) is 5.32 Å². The van der Waals surface area contributed by atoms with Crippen LogP contribution >= 0.6 is 45.8 Å². The van der Waals surface area contributed by atoms with Gasteiger partial charge in [-0.2, -0.15) is 8.78 Å². The van der Waals surface area contributed by atoms with Gasteiger partial charge in [-0.05, 0) is 59.0 Å². The highest BCUT2D eigenvalue weighted by Crippen LogP contribution is 2.34. The Bertz CT molecular complexity index is 755. The van der Waals surface area contributed by atoms with Crippen molar-refractivity contribution in [2.45, 2.75) is 5.92 Å². The minimum absolute atomic E-state index is 0.116. The van der Waals surface area contributed by atoms with Gasteiger partial charge in [-0.15, -0.1) is 0 Å². The summed E-state index contributed by atoms with van der Waals surface area (Å²) in [5.74, 6) is -4.61. The van der Waals surface area contributed by atoms with Gasteiger partial charge in [0.05, 0.1) is 17.1 Å². The zero-order chi connectivity index (χ0) is 17.2. The van der Waals surface area contributed by atoms with Crippen LogP contribution in [0.15, 0.2) is 36.4 Å². The molecule has 1 N–H and O–H groups in total. The van der Waals surface area contributed by atoms with E-state index >= 15 is 0 Å². The van der Waals surface area contributed by atoms with Gasteiger partial charge in [0.25, 0.3) is 11.8 Å². The number of hydrogen-bond donors (Lipinski definition) is 1. The predicted molar refractivity (Wildman–Crippen MR) is 91.8 cm³/mol. The SMILES string of the molecule is O=C(NCC(F)(F)c1ccc(Cl)cc1Cl)c1ccc(F)cc1I. The molecule has 2 aromatic carbocycles. The largest absolute Gasteiger partial charge is 0.346 e. The Balaban J connectivity index is 2.13. The monoisotopic (exact) mass is 473 g/mol. The van der Waals surface area contributed by atoms with Crippen LogP contribution in [0.25, 0.3) is 0 Å². The summed E-state index contributed by atoms with van der Waals surface area (Å²) >= 11 is 13.2. The first-order chi connectivity index (χ1) is 10.7. The van der Waals surface area contributed by atoms with Crippen molar-refractivity contribution in [1.29, 1.82) is 0 Å². The standard InChI is InChI=1S/C15H9Cl2F3INO/c16-8-1-4-11(12(17)5-8)15(19,20)7-22-14(23)10-3-2-9(18)6-13(10)21/h1-6H,7H2,(H,22,23). The minimum atomic E-state index is -3.37. The van der Waals surface area contributed by atoms with E-state index in [0.29, 0.717) is 3.57 Å². The van der Waals surface area contributed by atoms with E-state index in [-0.39, 0.29) is 15.6 Å². The van der Waals surface area contributed by atoms with Crippen molar-refractivity contribution < 1.29 is 18.0 Å². The zero-order valence-electron chi connectivity index (χ0n) is 11.3. The van der Waals surface area contributed by atoms with Gasteiger partial charge in [-0.25, -0.2) is 4.39 Å². The molecule has 0 saturated carbocycles. The van der Waals surface area contributed by atoms with Gasteiger partial charge in [0, 0.05) is 14.2 Å². The molecule has 23 heavy (non-hydrogen) atoms. The van der Waals surface area contributed by atoms with Crippen molar-refractivity contribution >= 4 is 51.7 Å². The number of rotatable bonds is 4. The van der Waals surface area contributed by atoms with Crippen molar-refractivity contribution in [2.24, 2.45) is 0 Å². The molecular formula is C15H9Cl2F3INO. The van der Waals surface area contributed by atoms with E-state index in [1.807, 2.05) is 0 Å². The summed E-state index contributed by atoms with van der Waals surface area (Å²) < 4.78 is 41.7. The third-order valence-corrected chi connectivity index (χ3v) is 4.41. The molecule has 1 amide bonds. The first kappa shape index (κ1) is 18.4. The molecule has 122 valence electrons. The summed E-state index contributed by atoms with van der Waals surface area (Å²) in [5.41, 5.74) is -0.317. The third kappa shape index (κ3) is 4.51. The van der Waals surface area contributed by atoms with Gasteiger partial charge in [-0.3, -0.25) is 4.79 Å². The number of alkyl halides is 2. The van der Waals surface area contributed by atoms with E-state index in [0.717, 1.165) is 18.2 Å². The molecule has 0 heterocycles. The van der Waals surface area contributed by atoms with Crippen LogP contribution in [0.2, 0.25) is 10.0 Å². The molecule has 0 aromatic heterocycles. The predicted octanol–water partition coefficient (Wildman–Crippen LogP) is 5.26. The van der Waals surface area contributed by atoms with Crippen LogP contribution in [0.1, 0.15) is 15.9 Å². The molecular weight excluding hydrogens is 465 g/mol. The van der Waals surface area contributed by atoms with Crippen LogP contribution in [-0.2, 0) is 5.92 Å². The molecule has 0 aliphatic carbocycles. The van der Waals surface area contributed by atoms with E-state index in [1.165, 1.54) is 18.2 Å². The van der Waals surface area contributed by atoms with E-state index in [4.69, 9.17) is 23.2 Å². The lowest BCUT2D eigenvalue weighted by Gasteiger charge is -2.19. The van der Waals surface area contributed by atoms with Crippen LogP contribution in [0.3, 0.4) is 0 Å². The second kappa shape index (κ2) is 7.27. The lowest BCUT2D eigenvalue weighted by molar-refractivity contribution is -0.00237. The average Bonchev–Trinajstić information content (AvgIpc) is 2.44. The topological polar surface area (TPSA) is 29.1 Å². The lowest BCUT2D eigenvalue weighted by atomic mass is 10.1. The summed E-state index contributed by atoms with van der Waals surface area (Å²) in [6, 6.07) is 7.08. The minimum Gasteiger partial charge on any atom is -0.346 e. The highest BCUT2D eigenvalue weighted by molar-refractivity contribution is 14.1. The fourth-order valence-corrected chi connectivity index (χ4v) is 3.11. The number of halogens is 6. The Morgan fingerprint density at radius 3 is 2.48 bits per heavy atom. The molecule has 0 bridgehead atoms. The van der Waals surface area contributed by atoms with Crippen LogP contribution in [0.5, 0.6) is 0 Å². The average molecular weight is 474 g/mol. The van der Waals surface area contributed by atoms with Crippen molar-refractivity contribution in [2.75, 3.05) is 6.54 Å². The summed E-state index contributed by atoms with van der Waals surface area (Å²) in [6.07, 6.45) is 0. The number of carbonyl (C=O) groups excluding carboxylic acids is 1. The Hall–Kier alpha value is -0.990. The van der Waals surface area contributed by atoms with Crippen LogP contribution in [0.4, 0.5) is 13.2 Å². The Kier molecular flexibility index (Phi) is 5.80. The summed E-state index contributed by atoms with van der Waals surface area (Å²) in [5, 5.41) is 2.18. The fraction of sp³-hybridized carbons (Fsp3) is 0.133. The number of nitrogens with one attached hydrogen (secondary N) is 1. The normalized spacial score (nSPS) is 11.4. The van der Waals surface area contributed by atoms with Gasteiger partial charge in [-0.1, -0.05) is 23.2 Å². The number of carbonyl (C=O) groups is 1. The molecule has 2 nitrogen and oxygen atoms in total. The Morgan fingerprint density at radius 2 is 1.87 bits per heavy atom. The Labute approximate surface area is 154 Å².